The lowest BCUT2D eigenvalue weighted by Crippen LogP contribution is -2.41. The molecule has 1 fully saturated rings. The van der Waals surface area contributed by atoms with Crippen LogP contribution in [0.4, 0.5) is 5.69 Å². The summed E-state index contributed by atoms with van der Waals surface area (Å²) in [5.74, 6) is 2.12. The number of aryl methyl sites for hydroxylation is 1. The van der Waals surface area contributed by atoms with E-state index in [1.54, 1.807) is 0 Å². The van der Waals surface area contributed by atoms with Crippen LogP contribution < -0.4 is 9.64 Å². The Morgan fingerprint density at radius 3 is 3.04 bits per heavy atom. The number of benzene rings is 1. The number of ether oxygens (including phenoxy) is 1. The molecule has 1 aromatic carbocycles. The van der Waals surface area contributed by atoms with Crippen molar-refractivity contribution >= 4 is 11.6 Å². The molecular weight excluding hydrogens is 340 g/mol. The van der Waals surface area contributed by atoms with Gasteiger partial charge in [-0.1, -0.05) is 18.6 Å². The number of carbonyl (C=O) groups excluding carboxylic acids is 1. The fourth-order valence-corrected chi connectivity index (χ4v) is 4.24. The summed E-state index contributed by atoms with van der Waals surface area (Å²) in [6.07, 6.45) is 8.00. The van der Waals surface area contributed by atoms with Crippen LogP contribution in [0.15, 0.2) is 36.7 Å². The first-order valence-electron chi connectivity index (χ1n) is 10.0. The van der Waals surface area contributed by atoms with Crippen molar-refractivity contribution in [2.24, 2.45) is 0 Å². The van der Waals surface area contributed by atoms with Gasteiger partial charge in [-0.15, -0.1) is 0 Å². The molecule has 1 saturated heterocycles. The molecular formula is C21H28N4O2. The van der Waals surface area contributed by atoms with Crippen LogP contribution in [0.3, 0.4) is 0 Å². The van der Waals surface area contributed by atoms with Gasteiger partial charge in [0.2, 0.25) is 5.91 Å². The second-order valence-electron chi connectivity index (χ2n) is 7.23. The van der Waals surface area contributed by atoms with Gasteiger partial charge in [-0.2, -0.15) is 0 Å². The number of anilines is 1. The average molecular weight is 368 g/mol. The molecule has 27 heavy (non-hydrogen) atoms. The number of rotatable bonds is 5. The number of piperidine rings is 1. The summed E-state index contributed by atoms with van der Waals surface area (Å²) in [5, 5.41) is 0. The molecule has 1 aromatic heterocycles. The quantitative estimate of drug-likeness (QED) is 0.813. The number of amides is 1. The first-order valence-corrected chi connectivity index (χ1v) is 10.0. The van der Waals surface area contributed by atoms with Crippen molar-refractivity contribution in [3.63, 3.8) is 0 Å². The van der Waals surface area contributed by atoms with Crippen LogP contribution in [-0.4, -0.2) is 46.6 Å². The van der Waals surface area contributed by atoms with E-state index in [9.17, 15) is 4.79 Å². The molecule has 6 heteroatoms. The Balaban J connectivity index is 1.44. The maximum Gasteiger partial charge on any atom is 0.228 e. The van der Waals surface area contributed by atoms with Crippen LogP contribution in [-0.2, 0) is 11.3 Å². The second kappa shape index (κ2) is 8.13. The number of nitrogens with zero attached hydrogens (tertiary/aromatic N) is 4. The van der Waals surface area contributed by atoms with Crippen molar-refractivity contribution in [2.45, 2.75) is 45.2 Å². The maximum atomic E-state index is 12.9. The number of likely N-dealkylation sites (tertiary alicyclic amines) is 1. The van der Waals surface area contributed by atoms with Gasteiger partial charge in [0.05, 0.1) is 18.3 Å². The first kappa shape index (κ1) is 18.0. The lowest BCUT2D eigenvalue weighted by molar-refractivity contribution is -0.119. The van der Waals surface area contributed by atoms with Crippen LogP contribution in [0.1, 0.15) is 44.5 Å². The summed E-state index contributed by atoms with van der Waals surface area (Å²) in [6.45, 7) is 6.08. The minimum atomic E-state index is 0.175. The molecule has 0 saturated carbocycles. The highest BCUT2D eigenvalue weighted by Crippen LogP contribution is 2.33. The normalized spacial score (nSPS) is 20.2. The predicted octanol–water partition coefficient (Wildman–Crippen LogP) is 3.25. The Morgan fingerprint density at radius 1 is 1.26 bits per heavy atom. The highest BCUT2D eigenvalue weighted by molar-refractivity contribution is 5.95. The summed E-state index contributed by atoms with van der Waals surface area (Å²) < 4.78 is 7.90. The Bertz CT molecular complexity index is 788. The number of hydrogen-bond donors (Lipinski definition) is 0. The molecule has 0 spiro atoms. The summed E-state index contributed by atoms with van der Waals surface area (Å²) in [7, 11) is 0. The van der Waals surface area contributed by atoms with E-state index in [0.29, 0.717) is 25.6 Å². The topological polar surface area (TPSA) is 50.6 Å². The molecule has 0 radical (unpaired) electrons. The molecule has 1 atom stereocenters. The van der Waals surface area contributed by atoms with Gasteiger partial charge in [0, 0.05) is 31.9 Å². The van der Waals surface area contributed by atoms with E-state index in [1.165, 1.54) is 12.8 Å². The molecule has 144 valence electrons. The number of aromatic nitrogens is 2. The van der Waals surface area contributed by atoms with E-state index >= 15 is 0 Å². The van der Waals surface area contributed by atoms with Gasteiger partial charge in [0.25, 0.3) is 0 Å². The third-order valence-electron chi connectivity index (χ3n) is 5.64. The van der Waals surface area contributed by atoms with Crippen molar-refractivity contribution in [1.29, 1.82) is 0 Å². The smallest absolute Gasteiger partial charge is 0.228 e. The predicted molar refractivity (Wildman–Crippen MR) is 105 cm³/mol. The summed E-state index contributed by atoms with van der Waals surface area (Å²) in [6, 6.07) is 8.12. The Labute approximate surface area is 160 Å². The fourth-order valence-electron chi connectivity index (χ4n) is 4.24. The summed E-state index contributed by atoms with van der Waals surface area (Å²) >= 11 is 0. The summed E-state index contributed by atoms with van der Waals surface area (Å²) in [4.78, 5) is 21.9. The zero-order valence-electron chi connectivity index (χ0n) is 16.0. The monoisotopic (exact) mass is 368 g/mol. The zero-order chi connectivity index (χ0) is 18.6. The van der Waals surface area contributed by atoms with Crippen molar-refractivity contribution in [1.82, 2.24) is 14.5 Å². The molecule has 0 aliphatic carbocycles. The highest BCUT2D eigenvalue weighted by atomic mass is 16.5. The molecule has 1 amide bonds. The van der Waals surface area contributed by atoms with Crippen molar-refractivity contribution in [3.8, 4) is 5.75 Å². The van der Waals surface area contributed by atoms with E-state index in [-0.39, 0.29) is 5.91 Å². The third kappa shape index (κ3) is 3.72. The Morgan fingerprint density at radius 2 is 2.15 bits per heavy atom. The maximum absolute atomic E-state index is 12.9. The Hall–Kier alpha value is -2.34. The van der Waals surface area contributed by atoms with Gasteiger partial charge in [-0.05, 0) is 38.4 Å². The molecule has 3 heterocycles. The van der Waals surface area contributed by atoms with Gasteiger partial charge in [0.15, 0.2) is 0 Å². The first-order chi connectivity index (χ1) is 13.3. The molecule has 6 nitrogen and oxygen atoms in total. The van der Waals surface area contributed by atoms with Crippen molar-refractivity contribution in [2.75, 3.05) is 31.1 Å². The molecule has 0 bridgehead atoms. The summed E-state index contributed by atoms with van der Waals surface area (Å²) in [5.41, 5.74) is 0.894. The molecule has 0 N–H and O–H groups in total. The van der Waals surface area contributed by atoms with Gasteiger partial charge in [0.1, 0.15) is 18.2 Å². The lowest BCUT2D eigenvalue weighted by Gasteiger charge is -2.36. The number of imidazole rings is 1. The third-order valence-corrected chi connectivity index (χ3v) is 5.64. The van der Waals surface area contributed by atoms with Gasteiger partial charge < -0.3 is 14.2 Å². The molecule has 4 rings (SSSR count). The van der Waals surface area contributed by atoms with E-state index in [1.807, 2.05) is 35.4 Å². The molecule has 2 aliphatic heterocycles. The van der Waals surface area contributed by atoms with Crippen LogP contribution in [0.2, 0.25) is 0 Å². The standard InChI is InChI=1S/C21H28N4O2/c1-2-23-14-11-22-21(23)18-8-5-6-12-24(18)13-10-20(26)25-15-16-27-19-9-4-3-7-17(19)25/h3-4,7,9,11,14,18H,2,5-6,8,10,12-13,15-16H2,1H3. The van der Waals surface area contributed by atoms with Gasteiger partial charge in [-0.25, -0.2) is 4.98 Å². The van der Waals surface area contributed by atoms with Crippen LogP contribution in [0.25, 0.3) is 0 Å². The van der Waals surface area contributed by atoms with Crippen molar-refractivity contribution < 1.29 is 9.53 Å². The number of fused-ring (bicyclic) bond motifs is 1. The Kier molecular flexibility index (Phi) is 5.43. The van der Waals surface area contributed by atoms with Crippen LogP contribution in [0, 0.1) is 0 Å². The average Bonchev–Trinajstić information content (AvgIpc) is 3.20. The largest absolute Gasteiger partial charge is 0.490 e. The van der Waals surface area contributed by atoms with E-state index < -0.39 is 0 Å². The zero-order valence-corrected chi connectivity index (χ0v) is 16.0. The fraction of sp³-hybridized carbons (Fsp3) is 0.524. The second-order valence-corrected chi connectivity index (χ2v) is 7.23. The number of hydrogen-bond acceptors (Lipinski definition) is 4. The highest BCUT2D eigenvalue weighted by Gasteiger charge is 2.29. The van der Waals surface area contributed by atoms with Gasteiger partial charge in [-0.3, -0.25) is 9.69 Å². The number of carbonyl (C=O) groups is 1. The molecule has 2 aromatic rings. The van der Waals surface area contributed by atoms with Crippen molar-refractivity contribution in [3.05, 3.63) is 42.5 Å². The van der Waals surface area contributed by atoms with Crippen LogP contribution in [0.5, 0.6) is 5.75 Å². The minimum Gasteiger partial charge on any atom is -0.490 e. The number of para-hydroxylation sites is 2. The van der Waals surface area contributed by atoms with Gasteiger partial charge >= 0.3 is 0 Å². The van der Waals surface area contributed by atoms with E-state index in [4.69, 9.17) is 4.74 Å². The molecule has 2 aliphatic rings. The van der Waals surface area contributed by atoms with E-state index in [0.717, 1.165) is 43.3 Å². The SMILES string of the molecule is CCn1ccnc1C1CCCCN1CCC(=O)N1CCOc2ccccc21. The minimum absolute atomic E-state index is 0.175. The molecule has 1 unspecified atom stereocenters. The van der Waals surface area contributed by atoms with Crippen LogP contribution >= 0.6 is 0 Å². The van der Waals surface area contributed by atoms with E-state index in [2.05, 4.69) is 27.6 Å². The lowest BCUT2D eigenvalue weighted by atomic mass is 10.0.